The van der Waals surface area contributed by atoms with Crippen LogP contribution in [0.25, 0.3) is 11.1 Å². The van der Waals surface area contributed by atoms with Crippen LogP contribution >= 0.6 is 15.9 Å². The van der Waals surface area contributed by atoms with Gasteiger partial charge in [0.25, 0.3) is 0 Å². The normalized spacial score (nSPS) is 18.7. The SMILES string of the molecule is Cc1nn(C)c(C2CCCN2)c1-c1cc(Br)ccc1F. The number of hydrogen-bond acceptors (Lipinski definition) is 2. The van der Waals surface area contributed by atoms with Crippen LogP contribution in [0.1, 0.15) is 30.3 Å². The van der Waals surface area contributed by atoms with Crippen LogP contribution in [0.5, 0.6) is 0 Å². The van der Waals surface area contributed by atoms with Crippen LogP contribution in [0, 0.1) is 12.7 Å². The smallest absolute Gasteiger partial charge is 0.131 e. The van der Waals surface area contributed by atoms with E-state index >= 15 is 0 Å². The van der Waals surface area contributed by atoms with E-state index in [9.17, 15) is 4.39 Å². The average Bonchev–Trinajstić information content (AvgIpc) is 3.00. The molecule has 3 rings (SSSR count). The molecule has 1 aliphatic heterocycles. The molecule has 1 aromatic carbocycles. The summed E-state index contributed by atoms with van der Waals surface area (Å²) in [5.74, 6) is -0.205. The molecule has 0 aliphatic carbocycles. The summed E-state index contributed by atoms with van der Waals surface area (Å²) < 4.78 is 17.0. The van der Waals surface area contributed by atoms with Crippen molar-refractivity contribution >= 4 is 15.9 Å². The van der Waals surface area contributed by atoms with Gasteiger partial charge in [0, 0.05) is 28.7 Å². The molecule has 1 atom stereocenters. The molecule has 2 heterocycles. The minimum absolute atomic E-state index is 0.205. The number of hydrogen-bond donors (Lipinski definition) is 1. The summed E-state index contributed by atoms with van der Waals surface area (Å²) in [6, 6.07) is 5.31. The molecule has 1 aromatic heterocycles. The Kier molecular flexibility index (Phi) is 3.65. The third-order valence-electron chi connectivity index (χ3n) is 3.85. The minimum Gasteiger partial charge on any atom is -0.309 e. The van der Waals surface area contributed by atoms with Crippen molar-refractivity contribution in [1.29, 1.82) is 0 Å². The van der Waals surface area contributed by atoms with E-state index in [0.29, 0.717) is 5.56 Å². The van der Waals surface area contributed by atoms with E-state index in [2.05, 4.69) is 26.3 Å². The van der Waals surface area contributed by atoms with Gasteiger partial charge in [-0.2, -0.15) is 5.10 Å². The van der Waals surface area contributed by atoms with E-state index in [4.69, 9.17) is 0 Å². The van der Waals surface area contributed by atoms with Crippen molar-refractivity contribution < 1.29 is 4.39 Å². The van der Waals surface area contributed by atoms with Crippen LogP contribution < -0.4 is 5.32 Å². The highest BCUT2D eigenvalue weighted by atomic mass is 79.9. The molecule has 1 aliphatic rings. The molecule has 1 N–H and O–H groups in total. The fraction of sp³-hybridized carbons (Fsp3) is 0.400. The minimum atomic E-state index is -0.205. The van der Waals surface area contributed by atoms with Gasteiger partial charge >= 0.3 is 0 Å². The van der Waals surface area contributed by atoms with Gasteiger partial charge in [-0.3, -0.25) is 4.68 Å². The summed E-state index contributed by atoms with van der Waals surface area (Å²) in [5.41, 5.74) is 3.49. The summed E-state index contributed by atoms with van der Waals surface area (Å²) >= 11 is 3.42. The van der Waals surface area contributed by atoms with Crippen LogP contribution in [0.15, 0.2) is 22.7 Å². The Hall–Kier alpha value is -1.20. The van der Waals surface area contributed by atoms with E-state index in [1.807, 2.05) is 24.7 Å². The van der Waals surface area contributed by atoms with Crippen molar-refractivity contribution in [2.45, 2.75) is 25.8 Å². The largest absolute Gasteiger partial charge is 0.309 e. The van der Waals surface area contributed by atoms with Crippen molar-refractivity contribution in [2.75, 3.05) is 6.54 Å². The zero-order valence-electron chi connectivity index (χ0n) is 11.6. The van der Waals surface area contributed by atoms with Crippen LogP contribution in [-0.4, -0.2) is 16.3 Å². The second-order valence-electron chi connectivity index (χ2n) is 5.24. The van der Waals surface area contributed by atoms with Crippen molar-refractivity contribution in [3.8, 4) is 11.1 Å². The number of nitrogens with one attached hydrogen (secondary N) is 1. The van der Waals surface area contributed by atoms with Crippen molar-refractivity contribution in [2.24, 2.45) is 7.05 Å². The van der Waals surface area contributed by atoms with Gasteiger partial charge in [0.15, 0.2) is 0 Å². The predicted molar refractivity (Wildman–Crippen MR) is 81.0 cm³/mol. The lowest BCUT2D eigenvalue weighted by molar-refractivity contribution is 0.573. The van der Waals surface area contributed by atoms with Gasteiger partial charge < -0.3 is 5.32 Å². The molecule has 0 spiro atoms. The molecular formula is C15H17BrFN3. The Labute approximate surface area is 126 Å². The molecule has 0 radical (unpaired) electrons. The maximum atomic E-state index is 14.2. The summed E-state index contributed by atoms with van der Waals surface area (Å²) in [5, 5.41) is 7.97. The predicted octanol–water partition coefficient (Wildman–Crippen LogP) is 3.72. The summed E-state index contributed by atoms with van der Waals surface area (Å²) in [6.45, 7) is 2.95. The fourth-order valence-electron chi connectivity index (χ4n) is 3.02. The zero-order valence-corrected chi connectivity index (χ0v) is 13.2. The fourth-order valence-corrected chi connectivity index (χ4v) is 3.38. The molecule has 2 aromatic rings. The second-order valence-corrected chi connectivity index (χ2v) is 6.16. The number of aryl methyl sites for hydroxylation is 2. The molecule has 1 unspecified atom stereocenters. The number of benzene rings is 1. The van der Waals surface area contributed by atoms with Crippen molar-refractivity contribution in [3.05, 3.63) is 39.9 Å². The first kappa shape index (κ1) is 13.8. The monoisotopic (exact) mass is 337 g/mol. The molecule has 0 saturated carbocycles. The van der Waals surface area contributed by atoms with Crippen LogP contribution in [0.4, 0.5) is 4.39 Å². The number of halogens is 2. The number of aromatic nitrogens is 2. The second kappa shape index (κ2) is 5.30. The Morgan fingerprint density at radius 3 is 2.95 bits per heavy atom. The first-order valence-corrected chi connectivity index (χ1v) is 7.59. The number of nitrogens with zero attached hydrogens (tertiary/aromatic N) is 2. The molecule has 1 saturated heterocycles. The lowest BCUT2D eigenvalue weighted by Crippen LogP contribution is -2.17. The maximum absolute atomic E-state index is 14.2. The zero-order chi connectivity index (χ0) is 14.3. The van der Waals surface area contributed by atoms with Crippen LogP contribution in [0.3, 0.4) is 0 Å². The molecule has 1 fully saturated rings. The van der Waals surface area contributed by atoms with Crippen LogP contribution in [-0.2, 0) is 7.05 Å². The highest BCUT2D eigenvalue weighted by Gasteiger charge is 2.26. The lowest BCUT2D eigenvalue weighted by Gasteiger charge is -2.14. The quantitative estimate of drug-likeness (QED) is 0.904. The molecule has 3 nitrogen and oxygen atoms in total. The van der Waals surface area contributed by atoms with Crippen molar-refractivity contribution in [1.82, 2.24) is 15.1 Å². The summed E-state index contributed by atoms with van der Waals surface area (Å²) in [7, 11) is 1.93. The highest BCUT2D eigenvalue weighted by Crippen LogP contribution is 2.36. The van der Waals surface area contributed by atoms with Gasteiger partial charge in [0.2, 0.25) is 0 Å². The molecule has 0 amide bonds. The molecular weight excluding hydrogens is 321 g/mol. The van der Waals surface area contributed by atoms with Gasteiger partial charge in [0.05, 0.1) is 11.4 Å². The maximum Gasteiger partial charge on any atom is 0.131 e. The first-order valence-electron chi connectivity index (χ1n) is 6.80. The third kappa shape index (κ3) is 2.29. The molecule has 5 heteroatoms. The average molecular weight is 338 g/mol. The summed E-state index contributed by atoms with van der Waals surface area (Å²) in [6.07, 6.45) is 2.22. The summed E-state index contributed by atoms with van der Waals surface area (Å²) in [4.78, 5) is 0. The van der Waals surface area contributed by atoms with E-state index in [0.717, 1.165) is 40.8 Å². The first-order chi connectivity index (χ1) is 9.58. The van der Waals surface area contributed by atoms with Gasteiger partial charge in [-0.15, -0.1) is 0 Å². The molecule has 0 bridgehead atoms. The number of rotatable bonds is 2. The molecule has 106 valence electrons. The van der Waals surface area contributed by atoms with E-state index < -0.39 is 0 Å². The Morgan fingerprint density at radius 1 is 1.45 bits per heavy atom. The highest BCUT2D eigenvalue weighted by molar-refractivity contribution is 9.10. The Morgan fingerprint density at radius 2 is 2.25 bits per heavy atom. The third-order valence-corrected chi connectivity index (χ3v) is 4.35. The lowest BCUT2D eigenvalue weighted by atomic mass is 9.98. The van der Waals surface area contributed by atoms with Gasteiger partial charge in [-0.25, -0.2) is 4.39 Å². The van der Waals surface area contributed by atoms with Gasteiger partial charge in [-0.05, 0) is 44.5 Å². The molecule has 20 heavy (non-hydrogen) atoms. The Balaban J connectivity index is 2.19. The van der Waals surface area contributed by atoms with Gasteiger partial charge in [0.1, 0.15) is 5.82 Å². The van der Waals surface area contributed by atoms with E-state index in [1.54, 1.807) is 6.07 Å². The van der Waals surface area contributed by atoms with Gasteiger partial charge in [-0.1, -0.05) is 15.9 Å². The van der Waals surface area contributed by atoms with E-state index in [1.165, 1.54) is 6.07 Å². The Bertz CT molecular complexity index is 645. The van der Waals surface area contributed by atoms with E-state index in [-0.39, 0.29) is 11.9 Å². The van der Waals surface area contributed by atoms with Crippen LogP contribution in [0.2, 0.25) is 0 Å². The van der Waals surface area contributed by atoms with Crippen molar-refractivity contribution in [3.63, 3.8) is 0 Å². The topological polar surface area (TPSA) is 29.9 Å². The standard InChI is InChI=1S/C15H17BrFN3/c1-9-14(11-8-10(16)5-6-12(11)17)15(20(2)19-9)13-4-3-7-18-13/h5-6,8,13,18H,3-4,7H2,1-2H3.